The molecular formula is C18H16ClNO2. The Bertz CT molecular complexity index is 799. The van der Waals surface area contributed by atoms with E-state index in [1.807, 2.05) is 24.3 Å². The highest BCUT2D eigenvalue weighted by Crippen LogP contribution is 2.31. The maximum Gasteiger partial charge on any atom is 0.272 e. The predicted octanol–water partition coefficient (Wildman–Crippen LogP) is 4.46. The van der Waals surface area contributed by atoms with Crippen molar-refractivity contribution in [2.45, 2.75) is 26.2 Å². The second kappa shape index (κ2) is 4.96. The van der Waals surface area contributed by atoms with E-state index in [-0.39, 0.29) is 16.9 Å². The molecule has 1 heterocycles. The number of fused-ring (bicyclic) bond motifs is 1. The molecule has 0 N–H and O–H groups in total. The second-order valence-electron chi connectivity index (χ2n) is 6.46. The largest absolute Gasteiger partial charge is 0.618 e. The summed E-state index contributed by atoms with van der Waals surface area (Å²) >= 11 is 5.91. The molecule has 0 saturated heterocycles. The zero-order chi connectivity index (χ0) is 16.1. The number of Topliss-reactive ketones (excluding diaryl/α,β-unsaturated/α-hetero) is 1. The number of hydrogen-bond donors (Lipinski definition) is 0. The first-order valence-electron chi connectivity index (χ1n) is 7.08. The first-order valence-corrected chi connectivity index (χ1v) is 7.46. The highest BCUT2D eigenvalue weighted by atomic mass is 35.5. The van der Waals surface area contributed by atoms with Gasteiger partial charge in [-0.15, -0.1) is 0 Å². The zero-order valence-corrected chi connectivity index (χ0v) is 13.4. The topological polar surface area (TPSA) is 43.1 Å². The Morgan fingerprint density at radius 2 is 1.68 bits per heavy atom. The normalized spacial score (nSPS) is 14.5. The molecule has 2 aromatic rings. The van der Waals surface area contributed by atoms with E-state index in [1.165, 1.54) is 6.07 Å². The minimum atomic E-state index is -0.259. The van der Waals surface area contributed by atoms with E-state index < -0.39 is 0 Å². The van der Waals surface area contributed by atoms with Crippen molar-refractivity contribution < 1.29 is 9.53 Å². The fourth-order valence-corrected chi connectivity index (χ4v) is 2.75. The van der Waals surface area contributed by atoms with Crippen LogP contribution in [0.15, 0.2) is 42.5 Å². The predicted molar refractivity (Wildman–Crippen MR) is 88.3 cm³/mol. The summed E-state index contributed by atoms with van der Waals surface area (Å²) in [7, 11) is 0. The number of benzene rings is 2. The third kappa shape index (κ3) is 2.32. The molecule has 0 bridgehead atoms. The van der Waals surface area contributed by atoms with Gasteiger partial charge in [0.2, 0.25) is 5.69 Å². The molecule has 1 aliphatic heterocycles. The Morgan fingerprint density at radius 3 is 2.27 bits per heavy atom. The smallest absolute Gasteiger partial charge is 0.272 e. The van der Waals surface area contributed by atoms with Crippen LogP contribution in [-0.2, 0) is 5.41 Å². The van der Waals surface area contributed by atoms with Crippen molar-refractivity contribution in [1.29, 1.82) is 0 Å². The van der Waals surface area contributed by atoms with Crippen molar-refractivity contribution >= 4 is 28.8 Å². The van der Waals surface area contributed by atoms with Gasteiger partial charge in [0.1, 0.15) is 5.56 Å². The Morgan fingerprint density at radius 1 is 1.05 bits per heavy atom. The lowest BCUT2D eigenvalue weighted by atomic mass is 9.86. The van der Waals surface area contributed by atoms with Gasteiger partial charge in [-0.1, -0.05) is 44.5 Å². The summed E-state index contributed by atoms with van der Waals surface area (Å²) in [6.07, 6.45) is 0. The minimum absolute atomic E-state index is 0.0243. The monoisotopic (exact) mass is 313 g/mol. The van der Waals surface area contributed by atoms with E-state index in [0.29, 0.717) is 26.6 Å². The van der Waals surface area contributed by atoms with Gasteiger partial charge < -0.3 is 5.21 Å². The number of carbonyl (C=O) groups excluding carboxylic acids is 1. The number of ketones is 1. The summed E-state index contributed by atoms with van der Waals surface area (Å²) in [5, 5.41) is 12.9. The van der Waals surface area contributed by atoms with Gasteiger partial charge in [0.05, 0.1) is 5.56 Å². The van der Waals surface area contributed by atoms with Gasteiger partial charge in [-0.2, -0.15) is 4.74 Å². The molecule has 0 aliphatic carbocycles. The lowest BCUT2D eigenvalue weighted by Crippen LogP contribution is -2.17. The highest BCUT2D eigenvalue weighted by molar-refractivity contribution is 6.52. The first kappa shape index (κ1) is 14.8. The molecule has 2 aromatic carbocycles. The van der Waals surface area contributed by atoms with Crippen molar-refractivity contribution in [3.63, 3.8) is 0 Å². The van der Waals surface area contributed by atoms with Crippen LogP contribution in [0.1, 0.15) is 42.3 Å². The van der Waals surface area contributed by atoms with Crippen LogP contribution < -0.4 is 0 Å². The fraction of sp³-hybridized carbons (Fsp3) is 0.222. The molecule has 0 amide bonds. The standard InChI is InChI=1S/C18H16ClNO2/c1-18(2,3)12-6-4-11(5-7-12)16-17(21)14-9-8-13(19)10-15(14)20(16)22/h4-10H,1-3H3. The van der Waals surface area contributed by atoms with E-state index in [2.05, 4.69) is 20.8 Å². The molecule has 112 valence electrons. The lowest BCUT2D eigenvalue weighted by molar-refractivity contribution is -0.355. The average Bonchev–Trinajstić information content (AvgIpc) is 2.70. The molecule has 4 heteroatoms. The quantitative estimate of drug-likeness (QED) is 0.576. The molecule has 3 rings (SSSR count). The Hall–Kier alpha value is -2.13. The minimum Gasteiger partial charge on any atom is -0.618 e. The lowest BCUT2D eigenvalue weighted by Gasteiger charge is -2.18. The van der Waals surface area contributed by atoms with Crippen LogP contribution in [-0.4, -0.2) is 16.2 Å². The number of nitrogens with zero attached hydrogens (tertiary/aromatic N) is 1. The van der Waals surface area contributed by atoms with Crippen molar-refractivity contribution in [3.05, 3.63) is 69.4 Å². The second-order valence-corrected chi connectivity index (χ2v) is 6.90. The molecular weight excluding hydrogens is 298 g/mol. The van der Waals surface area contributed by atoms with Gasteiger partial charge in [0.15, 0.2) is 0 Å². The molecule has 0 fully saturated rings. The van der Waals surface area contributed by atoms with Gasteiger partial charge in [0, 0.05) is 11.1 Å². The van der Waals surface area contributed by atoms with Gasteiger partial charge in [-0.05, 0) is 35.2 Å². The van der Waals surface area contributed by atoms with E-state index in [9.17, 15) is 10.0 Å². The van der Waals surface area contributed by atoms with Crippen LogP contribution in [0.2, 0.25) is 5.02 Å². The summed E-state index contributed by atoms with van der Waals surface area (Å²) in [4.78, 5) is 12.5. The molecule has 0 radical (unpaired) electrons. The Labute approximate surface area is 134 Å². The molecule has 0 spiro atoms. The Kier molecular flexibility index (Phi) is 3.33. The van der Waals surface area contributed by atoms with Crippen LogP contribution in [0.25, 0.3) is 0 Å². The summed E-state index contributed by atoms with van der Waals surface area (Å²) < 4.78 is 0.676. The van der Waals surface area contributed by atoms with Crippen LogP contribution >= 0.6 is 11.6 Å². The van der Waals surface area contributed by atoms with Crippen LogP contribution in [0.4, 0.5) is 5.69 Å². The van der Waals surface area contributed by atoms with E-state index in [4.69, 9.17) is 11.6 Å². The van der Waals surface area contributed by atoms with Gasteiger partial charge in [-0.3, -0.25) is 4.79 Å². The molecule has 0 atom stereocenters. The van der Waals surface area contributed by atoms with Crippen molar-refractivity contribution in [3.8, 4) is 0 Å². The molecule has 0 aromatic heterocycles. The van der Waals surface area contributed by atoms with Crippen molar-refractivity contribution in [2.75, 3.05) is 0 Å². The first-order chi connectivity index (χ1) is 10.3. The molecule has 0 saturated carbocycles. The SMILES string of the molecule is CC(C)(C)c1ccc(C2=[N+]([O-])c3cc(Cl)ccc3C2=O)cc1. The van der Waals surface area contributed by atoms with E-state index >= 15 is 0 Å². The summed E-state index contributed by atoms with van der Waals surface area (Å²) in [5.41, 5.74) is 2.66. The summed E-state index contributed by atoms with van der Waals surface area (Å²) in [6.45, 7) is 6.36. The van der Waals surface area contributed by atoms with Gasteiger partial charge >= 0.3 is 0 Å². The van der Waals surface area contributed by atoms with E-state index in [0.717, 1.165) is 5.56 Å². The van der Waals surface area contributed by atoms with Gasteiger partial charge in [0.25, 0.3) is 11.5 Å². The maximum absolute atomic E-state index is 12.5. The number of carbonyl (C=O) groups is 1. The molecule has 3 nitrogen and oxygen atoms in total. The number of hydrogen-bond acceptors (Lipinski definition) is 2. The zero-order valence-electron chi connectivity index (χ0n) is 12.7. The number of rotatable bonds is 1. The van der Waals surface area contributed by atoms with Crippen LogP contribution in [0.3, 0.4) is 0 Å². The molecule has 0 unspecified atom stereocenters. The van der Waals surface area contributed by atoms with Crippen LogP contribution in [0, 0.1) is 5.21 Å². The third-order valence-corrected chi connectivity index (χ3v) is 4.10. The third-order valence-electron chi connectivity index (χ3n) is 3.87. The van der Waals surface area contributed by atoms with Crippen LogP contribution in [0.5, 0.6) is 0 Å². The maximum atomic E-state index is 12.5. The van der Waals surface area contributed by atoms with Crippen molar-refractivity contribution in [1.82, 2.24) is 0 Å². The summed E-state index contributed by atoms with van der Waals surface area (Å²) in [5.74, 6) is -0.259. The van der Waals surface area contributed by atoms with Crippen molar-refractivity contribution in [2.24, 2.45) is 0 Å². The fourth-order valence-electron chi connectivity index (χ4n) is 2.58. The molecule has 22 heavy (non-hydrogen) atoms. The average molecular weight is 314 g/mol. The molecule has 1 aliphatic rings. The van der Waals surface area contributed by atoms with E-state index in [1.54, 1.807) is 12.1 Å². The van der Waals surface area contributed by atoms with Gasteiger partial charge in [-0.25, -0.2) is 0 Å². The number of halogens is 1. The Balaban J connectivity index is 2.08. The highest BCUT2D eigenvalue weighted by Gasteiger charge is 2.36. The summed E-state index contributed by atoms with van der Waals surface area (Å²) in [6, 6.07) is 12.3.